The second kappa shape index (κ2) is 15.4. The number of benzene rings is 1. The molecule has 1 saturated heterocycles. The first-order valence-electron chi connectivity index (χ1n) is 18.8. The number of carbonyl (C=O) groups is 5. The molecule has 1 unspecified atom stereocenters. The molecule has 13 nitrogen and oxygen atoms in total. The smallest absolute Gasteiger partial charge is 0.315 e. The Bertz CT molecular complexity index is 1820. The summed E-state index contributed by atoms with van der Waals surface area (Å²) in [5, 5.41) is 23.3. The third-order valence-electron chi connectivity index (χ3n) is 11.7. The second-order valence-electron chi connectivity index (χ2n) is 17.1. The van der Waals surface area contributed by atoms with Crippen LogP contribution in [0.2, 0.25) is 0 Å². The van der Waals surface area contributed by atoms with Gasteiger partial charge in [0.05, 0.1) is 12.1 Å². The molecule has 2 heterocycles. The van der Waals surface area contributed by atoms with Crippen molar-refractivity contribution in [1.82, 2.24) is 30.7 Å². The molecule has 2 aliphatic carbocycles. The number of aromatic hydroxyl groups is 1. The van der Waals surface area contributed by atoms with E-state index in [-0.39, 0.29) is 48.1 Å². The van der Waals surface area contributed by atoms with E-state index in [0.717, 1.165) is 19.3 Å². The molecule has 0 bridgehead atoms. The number of rotatable bonds is 14. The van der Waals surface area contributed by atoms with E-state index in [2.05, 4.69) is 41.7 Å². The van der Waals surface area contributed by atoms with Crippen LogP contribution in [0.1, 0.15) is 74.1 Å². The Morgan fingerprint density at radius 3 is 2.34 bits per heavy atom. The Morgan fingerprint density at radius 1 is 1.06 bits per heavy atom. The van der Waals surface area contributed by atoms with Gasteiger partial charge in [-0.3, -0.25) is 28.5 Å². The number of nitrogens with one attached hydrogen (secondary N) is 4. The van der Waals surface area contributed by atoms with Gasteiger partial charge in [0.25, 0.3) is 11.5 Å². The molecule has 1 aliphatic heterocycles. The monoisotopic (exact) mass is 732 g/mol. The largest absolute Gasteiger partial charge is 0.494 e. The topological polar surface area (TPSA) is 179 Å². The van der Waals surface area contributed by atoms with Crippen LogP contribution in [0.3, 0.4) is 0 Å². The fraction of sp³-hybridized carbons (Fsp3) is 0.600. The first-order chi connectivity index (χ1) is 24.9. The summed E-state index contributed by atoms with van der Waals surface area (Å²) < 4.78 is 1.23. The van der Waals surface area contributed by atoms with Crippen molar-refractivity contribution < 1.29 is 29.1 Å². The van der Waals surface area contributed by atoms with Gasteiger partial charge in [0.2, 0.25) is 23.5 Å². The van der Waals surface area contributed by atoms with Crippen LogP contribution in [0.15, 0.2) is 47.8 Å². The third kappa shape index (κ3) is 8.28. The lowest BCUT2D eigenvalue weighted by Crippen LogP contribution is -2.62. The number of nitrogens with zero attached hydrogens (tertiary/aromatic N) is 2. The van der Waals surface area contributed by atoms with Crippen LogP contribution in [0, 0.1) is 34.5 Å². The van der Waals surface area contributed by atoms with Crippen molar-refractivity contribution in [1.29, 1.82) is 0 Å². The van der Waals surface area contributed by atoms with Crippen molar-refractivity contribution in [3.63, 3.8) is 0 Å². The summed E-state index contributed by atoms with van der Waals surface area (Å²) in [7, 11) is 0. The molecule has 3 aliphatic rings. The number of Topliss-reactive ketones (excluding diaryl/α,β-unsaturated/α-hetero) is 1. The molecule has 53 heavy (non-hydrogen) atoms. The number of fused-ring (bicyclic) bond motifs is 2. The first kappa shape index (κ1) is 39.5. The highest BCUT2D eigenvalue weighted by molar-refractivity contribution is 6.38. The number of ketones is 1. The maximum absolute atomic E-state index is 14.5. The number of hydrogen-bond acceptors (Lipinski definition) is 7. The summed E-state index contributed by atoms with van der Waals surface area (Å²) in [4.78, 5) is 82.9. The van der Waals surface area contributed by atoms with Gasteiger partial charge in [-0.05, 0) is 52.4 Å². The Morgan fingerprint density at radius 2 is 1.74 bits per heavy atom. The average Bonchev–Trinajstić information content (AvgIpc) is 3.37. The Labute approximate surface area is 311 Å². The van der Waals surface area contributed by atoms with Gasteiger partial charge in [-0.1, -0.05) is 92.0 Å². The standard InChI is InChI=1S/C40H56N6O7/c1-9-17-41-35(50)32(48)27(18-23-13-12-14-23)42-34(49)31-30-26(40(30,7)8)20-46(31)37(52)33(39(4,5)6)44-38(53)43-28(22(2)3)21-45-29(47)19-24-15-10-11-16-25(24)36(45)51/h9-11,15-16,19,22-23,26-28,30-31,33,51H,1,12-14,17-18,20-21H2,2-8H3,(H,41,50)(H,42,49)(H2,43,44,53)/t26-,27?,28+,30-,31-,33+/m0/s1. The van der Waals surface area contributed by atoms with Crippen LogP contribution in [0.25, 0.3) is 10.8 Å². The third-order valence-corrected chi connectivity index (χ3v) is 11.7. The maximum Gasteiger partial charge on any atom is 0.315 e. The molecule has 6 atom stereocenters. The minimum absolute atomic E-state index is 0.00606. The van der Waals surface area contributed by atoms with Gasteiger partial charge in [0.1, 0.15) is 12.1 Å². The Balaban J connectivity index is 1.34. The predicted molar refractivity (Wildman–Crippen MR) is 202 cm³/mol. The van der Waals surface area contributed by atoms with Crippen molar-refractivity contribution in [3.05, 3.63) is 53.3 Å². The molecular formula is C40H56N6O7. The average molecular weight is 733 g/mol. The highest BCUT2D eigenvalue weighted by atomic mass is 16.3. The predicted octanol–water partition coefficient (Wildman–Crippen LogP) is 3.47. The summed E-state index contributed by atoms with van der Waals surface area (Å²) in [5.41, 5.74) is -1.40. The van der Waals surface area contributed by atoms with Gasteiger partial charge in [0, 0.05) is 31.1 Å². The Hall–Kier alpha value is -4.68. The fourth-order valence-electron chi connectivity index (χ4n) is 8.01. The van der Waals surface area contributed by atoms with Gasteiger partial charge in [-0.25, -0.2) is 4.79 Å². The minimum atomic E-state index is -1.04. The van der Waals surface area contributed by atoms with Gasteiger partial charge >= 0.3 is 6.03 Å². The molecule has 5 amide bonds. The molecule has 288 valence electrons. The highest BCUT2D eigenvalue weighted by Gasteiger charge is 2.70. The van der Waals surface area contributed by atoms with E-state index in [0.29, 0.717) is 23.7 Å². The zero-order valence-electron chi connectivity index (χ0n) is 32.0. The lowest BCUT2D eigenvalue weighted by molar-refractivity contribution is -0.145. The zero-order valence-corrected chi connectivity index (χ0v) is 32.0. The van der Waals surface area contributed by atoms with E-state index in [1.54, 1.807) is 24.3 Å². The summed E-state index contributed by atoms with van der Waals surface area (Å²) in [5.74, 6) is -2.67. The van der Waals surface area contributed by atoms with Crippen LogP contribution in [-0.2, 0) is 25.7 Å². The van der Waals surface area contributed by atoms with Crippen LogP contribution in [-0.4, -0.2) is 81.4 Å². The van der Waals surface area contributed by atoms with E-state index in [9.17, 15) is 33.9 Å². The van der Waals surface area contributed by atoms with Gasteiger partial charge < -0.3 is 31.3 Å². The number of piperidine rings is 1. The normalized spacial score (nSPS) is 22.2. The summed E-state index contributed by atoms with van der Waals surface area (Å²) in [6.45, 7) is 17.4. The number of amides is 5. The van der Waals surface area contributed by atoms with Gasteiger partial charge in [-0.2, -0.15) is 0 Å². The molecule has 0 radical (unpaired) electrons. The molecular weight excluding hydrogens is 676 g/mol. The number of aromatic nitrogens is 1. The number of hydrogen-bond donors (Lipinski definition) is 5. The minimum Gasteiger partial charge on any atom is -0.494 e. The quantitative estimate of drug-likeness (QED) is 0.146. The highest BCUT2D eigenvalue weighted by Crippen LogP contribution is 2.65. The molecule has 1 aromatic heterocycles. The van der Waals surface area contributed by atoms with Crippen molar-refractivity contribution in [2.75, 3.05) is 13.1 Å². The SMILES string of the molecule is C=CCNC(=O)C(=O)C(CC1CCC1)NC(=O)[C@@H]1[C@@H]2[C@H](CN1C(=O)[C@@H](NC(=O)N[C@H](Cn1c(O)c3ccccc3cc1=O)C(C)C)C(C)(C)C)C2(C)C. The van der Waals surface area contributed by atoms with Crippen molar-refractivity contribution in [2.24, 2.45) is 34.5 Å². The zero-order chi connectivity index (χ0) is 39.0. The maximum atomic E-state index is 14.5. The molecule has 1 aromatic carbocycles. The van der Waals surface area contributed by atoms with Crippen LogP contribution in [0.5, 0.6) is 5.88 Å². The lowest BCUT2D eigenvalue weighted by atomic mass is 9.80. The summed E-state index contributed by atoms with van der Waals surface area (Å²) in [6.07, 6.45) is 4.68. The molecule has 2 aromatic rings. The van der Waals surface area contributed by atoms with Crippen LogP contribution < -0.4 is 26.8 Å². The van der Waals surface area contributed by atoms with E-state index in [1.807, 2.05) is 34.6 Å². The van der Waals surface area contributed by atoms with Crippen molar-refractivity contribution >= 4 is 40.3 Å². The summed E-state index contributed by atoms with van der Waals surface area (Å²) >= 11 is 0. The molecule has 0 spiro atoms. The number of carbonyl (C=O) groups excluding carboxylic acids is 5. The fourth-order valence-corrected chi connectivity index (χ4v) is 8.01. The molecule has 5 N–H and O–H groups in total. The Kier molecular flexibility index (Phi) is 11.4. The van der Waals surface area contributed by atoms with Crippen LogP contribution >= 0.6 is 0 Å². The summed E-state index contributed by atoms with van der Waals surface area (Å²) in [6, 6.07) is 4.26. The molecule has 13 heteroatoms. The lowest BCUT2D eigenvalue weighted by Gasteiger charge is -2.38. The number of urea groups is 1. The van der Waals surface area contributed by atoms with Gasteiger partial charge in [-0.15, -0.1) is 6.58 Å². The van der Waals surface area contributed by atoms with E-state index in [1.165, 1.54) is 21.6 Å². The molecule has 2 saturated carbocycles. The number of likely N-dealkylation sites (tertiary alicyclic amines) is 1. The van der Waals surface area contributed by atoms with Crippen molar-refractivity contribution in [2.45, 2.75) is 105 Å². The molecule has 5 rings (SSSR count). The van der Waals surface area contributed by atoms with Crippen molar-refractivity contribution in [3.8, 4) is 5.88 Å². The second-order valence-corrected chi connectivity index (χ2v) is 17.1. The van der Waals surface area contributed by atoms with Gasteiger partial charge in [0.15, 0.2) is 0 Å². The van der Waals surface area contributed by atoms with E-state index in [4.69, 9.17) is 0 Å². The molecule has 3 fully saturated rings. The number of pyridine rings is 1. The first-order valence-corrected chi connectivity index (χ1v) is 18.8. The van der Waals surface area contributed by atoms with E-state index >= 15 is 0 Å². The van der Waals surface area contributed by atoms with E-state index < -0.39 is 64.7 Å². The van der Waals surface area contributed by atoms with Crippen LogP contribution in [0.4, 0.5) is 4.79 Å².